The summed E-state index contributed by atoms with van der Waals surface area (Å²) in [6, 6.07) is 0. The average Bonchev–Trinajstić information content (AvgIpc) is 2.58. The van der Waals surface area contributed by atoms with E-state index in [2.05, 4.69) is 15.3 Å². The van der Waals surface area contributed by atoms with Crippen LogP contribution >= 0.6 is 0 Å². The predicted octanol–water partition coefficient (Wildman–Crippen LogP) is 0.738. The Labute approximate surface area is 134 Å². The number of hydrogen-bond donors (Lipinski definition) is 2. The van der Waals surface area contributed by atoms with Crippen molar-refractivity contribution in [3.63, 3.8) is 0 Å². The monoisotopic (exact) mass is 323 g/mol. The van der Waals surface area contributed by atoms with Gasteiger partial charge in [-0.2, -0.15) is 0 Å². The lowest BCUT2D eigenvalue weighted by Gasteiger charge is -2.21. The second-order valence-electron chi connectivity index (χ2n) is 5.33. The number of nitrogens with zero attached hydrogens (tertiary/aromatic N) is 2. The molecule has 0 spiro atoms. The minimum atomic E-state index is -1.17. The highest BCUT2D eigenvalue weighted by Crippen LogP contribution is 2.14. The zero-order chi connectivity index (χ0) is 16.5. The van der Waals surface area contributed by atoms with Crippen LogP contribution in [0.15, 0.2) is 12.4 Å². The predicted molar refractivity (Wildman–Crippen MR) is 80.3 cm³/mol. The molecule has 126 valence electrons. The molecule has 0 saturated carbocycles. The van der Waals surface area contributed by atoms with Crippen LogP contribution in [0.4, 0.5) is 0 Å². The number of carbonyl (C=O) groups is 2. The van der Waals surface area contributed by atoms with Crippen molar-refractivity contribution in [3.05, 3.63) is 23.8 Å². The maximum absolute atomic E-state index is 11.8. The zero-order valence-corrected chi connectivity index (χ0v) is 12.9. The number of carbonyl (C=O) groups excluding carboxylic acids is 1. The van der Waals surface area contributed by atoms with E-state index in [1.54, 1.807) is 0 Å². The van der Waals surface area contributed by atoms with Crippen LogP contribution in [0.1, 0.15) is 40.2 Å². The second kappa shape index (κ2) is 9.16. The Bertz CT molecular complexity index is 514. The number of ether oxygens (including phenoxy) is 2. The Morgan fingerprint density at radius 1 is 1.26 bits per heavy atom. The number of carboxylic acids is 1. The number of hydrogen-bond acceptors (Lipinski definition) is 6. The molecule has 0 unspecified atom stereocenters. The summed E-state index contributed by atoms with van der Waals surface area (Å²) >= 11 is 0. The van der Waals surface area contributed by atoms with Crippen molar-refractivity contribution in [1.29, 1.82) is 0 Å². The molecule has 0 aliphatic carbocycles. The molecule has 8 heteroatoms. The van der Waals surface area contributed by atoms with Crippen LogP contribution in [0.5, 0.6) is 0 Å². The smallest absolute Gasteiger partial charge is 0.356 e. The van der Waals surface area contributed by atoms with Crippen molar-refractivity contribution in [3.8, 4) is 0 Å². The summed E-state index contributed by atoms with van der Waals surface area (Å²) in [5.74, 6) is -0.980. The highest BCUT2D eigenvalue weighted by Gasteiger charge is 2.13. The molecule has 2 rings (SSSR count). The van der Waals surface area contributed by atoms with Gasteiger partial charge in [0, 0.05) is 33.0 Å². The van der Waals surface area contributed by atoms with Crippen molar-refractivity contribution in [2.45, 2.75) is 19.3 Å². The van der Waals surface area contributed by atoms with Crippen LogP contribution in [-0.4, -0.2) is 59.9 Å². The van der Waals surface area contributed by atoms with Gasteiger partial charge in [-0.3, -0.25) is 4.79 Å². The van der Waals surface area contributed by atoms with E-state index in [1.807, 2.05) is 0 Å². The normalized spacial score (nSPS) is 15.3. The lowest BCUT2D eigenvalue weighted by atomic mass is 10.0. The van der Waals surface area contributed by atoms with E-state index in [-0.39, 0.29) is 17.3 Å². The third kappa shape index (κ3) is 5.91. The van der Waals surface area contributed by atoms with Crippen molar-refractivity contribution < 1.29 is 24.2 Å². The van der Waals surface area contributed by atoms with Gasteiger partial charge in [0.05, 0.1) is 12.4 Å². The first-order chi connectivity index (χ1) is 11.2. The Morgan fingerprint density at radius 2 is 1.96 bits per heavy atom. The average molecular weight is 323 g/mol. The summed E-state index contributed by atoms with van der Waals surface area (Å²) in [7, 11) is 0. The summed E-state index contributed by atoms with van der Waals surface area (Å²) in [6.07, 6.45) is 5.01. The molecule has 0 radical (unpaired) electrons. The molecule has 8 nitrogen and oxygen atoms in total. The van der Waals surface area contributed by atoms with E-state index in [4.69, 9.17) is 14.6 Å². The molecule has 1 amide bonds. The molecule has 2 heterocycles. The van der Waals surface area contributed by atoms with E-state index < -0.39 is 5.97 Å². The Hall–Kier alpha value is -2.06. The molecule has 1 aliphatic heterocycles. The third-order valence-electron chi connectivity index (χ3n) is 3.55. The molecule has 0 bridgehead atoms. The number of carboxylic acid groups (broad SMARTS) is 1. The molecule has 0 atom stereocenters. The van der Waals surface area contributed by atoms with Gasteiger partial charge in [-0.1, -0.05) is 0 Å². The largest absolute Gasteiger partial charge is 0.476 e. The summed E-state index contributed by atoms with van der Waals surface area (Å²) in [4.78, 5) is 29.9. The van der Waals surface area contributed by atoms with Crippen molar-refractivity contribution >= 4 is 11.9 Å². The molecule has 1 fully saturated rings. The first kappa shape index (κ1) is 17.3. The lowest BCUT2D eigenvalue weighted by Crippen LogP contribution is -2.27. The van der Waals surface area contributed by atoms with Crippen LogP contribution in [0, 0.1) is 5.92 Å². The first-order valence-electron chi connectivity index (χ1n) is 7.66. The summed E-state index contributed by atoms with van der Waals surface area (Å²) < 4.78 is 10.9. The van der Waals surface area contributed by atoms with Gasteiger partial charge in [0.2, 0.25) is 0 Å². The fraction of sp³-hybridized carbons (Fsp3) is 0.600. The molecule has 1 aromatic rings. The topological polar surface area (TPSA) is 111 Å². The molecule has 2 N–H and O–H groups in total. The molecule has 1 saturated heterocycles. The van der Waals surface area contributed by atoms with E-state index in [0.717, 1.165) is 45.1 Å². The van der Waals surface area contributed by atoms with E-state index >= 15 is 0 Å². The van der Waals surface area contributed by atoms with Crippen LogP contribution in [-0.2, 0) is 9.47 Å². The van der Waals surface area contributed by atoms with Gasteiger partial charge in [0.15, 0.2) is 5.69 Å². The Balaban J connectivity index is 1.58. The number of aromatic nitrogens is 2. The van der Waals surface area contributed by atoms with Crippen LogP contribution < -0.4 is 5.32 Å². The van der Waals surface area contributed by atoms with E-state index in [1.165, 1.54) is 0 Å². The number of amides is 1. The van der Waals surface area contributed by atoms with Crippen LogP contribution in [0.3, 0.4) is 0 Å². The van der Waals surface area contributed by atoms with Crippen LogP contribution in [0.25, 0.3) is 0 Å². The highest BCUT2D eigenvalue weighted by atomic mass is 16.5. The maximum atomic E-state index is 11.8. The number of rotatable bonds is 8. The van der Waals surface area contributed by atoms with Crippen LogP contribution in [0.2, 0.25) is 0 Å². The van der Waals surface area contributed by atoms with Crippen molar-refractivity contribution in [1.82, 2.24) is 15.3 Å². The zero-order valence-electron chi connectivity index (χ0n) is 12.9. The molecule has 23 heavy (non-hydrogen) atoms. The molecule has 1 aromatic heterocycles. The number of nitrogens with one attached hydrogen (secondary N) is 1. The fourth-order valence-electron chi connectivity index (χ4n) is 2.19. The SMILES string of the molecule is O=C(O)c1cnc(C(=O)NCCCOCC2CCOCC2)cn1. The quantitative estimate of drug-likeness (QED) is 0.679. The summed E-state index contributed by atoms with van der Waals surface area (Å²) in [5, 5.41) is 11.4. The van der Waals surface area contributed by atoms with Gasteiger partial charge in [-0.25, -0.2) is 14.8 Å². The summed E-state index contributed by atoms with van der Waals surface area (Å²) in [5.41, 5.74) is -0.0961. The Kier molecular flexibility index (Phi) is 6.89. The standard InChI is InChI=1S/C15H21N3O5/c19-14(12-8-18-13(9-17-12)15(20)21)16-4-1-5-23-10-11-2-6-22-7-3-11/h8-9,11H,1-7,10H2,(H,16,19)(H,20,21). The van der Waals surface area contributed by atoms with Gasteiger partial charge in [0.1, 0.15) is 5.69 Å². The molecular weight excluding hydrogens is 302 g/mol. The van der Waals surface area contributed by atoms with Gasteiger partial charge >= 0.3 is 5.97 Å². The fourth-order valence-corrected chi connectivity index (χ4v) is 2.19. The third-order valence-corrected chi connectivity index (χ3v) is 3.55. The summed E-state index contributed by atoms with van der Waals surface area (Å²) in [6.45, 7) is 3.41. The van der Waals surface area contributed by atoms with E-state index in [9.17, 15) is 9.59 Å². The van der Waals surface area contributed by atoms with Gasteiger partial charge in [-0.15, -0.1) is 0 Å². The first-order valence-corrected chi connectivity index (χ1v) is 7.66. The minimum absolute atomic E-state index is 0.0955. The van der Waals surface area contributed by atoms with Gasteiger partial charge in [0.25, 0.3) is 5.91 Å². The Morgan fingerprint density at radius 3 is 2.61 bits per heavy atom. The highest BCUT2D eigenvalue weighted by molar-refractivity contribution is 5.92. The van der Waals surface area contributed by atoms with E-state index in [0.29, 0.717) is 25.5 Å². The van der Waals surface area contributed by atoms with Gasteiger partial charge in [-0.05, 0) is 25.2 Å². The van der Waals surface area contributed by atoms with Gasteiger partial charge < -0.3 is 19.9 Å². The second-order valence-corrected chi connectivity index (χ2v) is 5.33. The molecule has 1 aliphatic rings. The van der Waals surface area contributed by atoms with Crippen molar-refractivity contribution in [2.75, 3.05) is 33.0 Å². The minimum Gasteiger partial charge on any atom is -0.476 e. The molecular formula is C15H21N3O5. The lowest BCUT2D eigenvalue weighted by molar-refractivity contribution is 0.0202. The maximum Gasteiger partial charge on any atom is 0.356 e. The number of aromatic carboxylic acids is 1. The molecule has 0 aromatic carbocycles. The van der Waals surface area contributed by atoms with Crippen molar-refractivity contribution in [2.24, 2.45) is 5.92 Å².